The lowest BCUT2D eigenvalue weighted by Gasteiger charge is -2.08. The highest BCUT2D eigenvalue weighted by Crippen LogP contribution is 2.25. The lowest BCUT2D eigenvalue weighted by molar-refractivity contribution is 1.09. The zero-order valence-electron chi connectivity index (χ0n) is 9.68. The van der Waals surface area contributed by atoms with Gasteiger partial charge in [0.15, 0.2) is 0 Å². The zero-order valence-corrected chi connectivity index (χ0v) is 9.68. The molecule has 1 N–H and O–H groups in total. The van der Waals surface area contributed by atoms with Crippen molar-refractivity contribution in [3.05, 3.63) is 40.6 Å². The van der Waals surface area contributed by atoms with E-state index >= 15 is 0 Å². The molecule has 0 atom stereocenters. The number of H-pyrrole nitrogens is 1. The number of aromatic amines is 1. The van der Waals surface area contributed by atoms with Gasteiger partial charge in [0.25, 0.3) is 0 Å². The van der Waals surface area contributed by atoms with Crippen LogP contribution in [0.5, 0.6) is 0 Å². The highest BCUT2D eigenvalue weighted by molar-refractivity contribution is 5.65. The predicted molar refractivity (Wildman–Crippen MR) is 63.0 cm³/mol. The molecule has 1 heterocycles. The molecule has 0 radical (unpaired) electrons. The quantitative estimate of drug-likeness (QED) is 0.751. The summed E-state index contributed by atoms with van der Waals surface area (Å²) in [7, 11) is 0. The number of aromatic nitrogens is 2. The van der Waals surface area contributed by atoms with E-state index in [9.17, 15) is 0 Å². The minimum Gasteiger partial charge on any atom is -0.278 e. The van der Waals surface area contributed by atoms with Crippen LogP contribution in [0, 0.1) is 27.7 Å². The van der Waals surface area contributed by atoms with E-state index in [-0.39, 0.29) is 0 Å². The summed E-state index contributed by atoms with van der Waals surface area (Å²) in [5.41, 5.74) is 7.58. The maximum Gasteiger partial charge on any atom is 0.0679 e. The van der Waals surface area contributed by atoms with E-state index in [0.29, 0.717) is 0 Å². The number of hydrogen-bond acceptors (Lipinski definition) is 1. The fourth-order valence-corrected chi connectivity index (χ4v) is 1.82. The molecule has 0 amide bonds. The fourth-order valence-electron chi connectivity index (χ4n) is 1.82. The summed E-state index contributed by atoms with van der Waals surface area (Å²) < 4.78 is 0. The third kappa shape index (κ3) is 1.67. The second kappa shape index (κ2) is 3.54. The summed E-state index contributed by atoms with van der Waals surface area (Å²) in [6, 6.07) is 4.42. The molecular weight excluding hydrogens is 184 g/mol. The first-order chi connectivity index (χ1) is 7.09. The first-order valence-electron chi connectivity index (χ1n) is 5.18. The van der Waals surface area contributed by atoms with Gasteiger partial charge in [0.2, 0.25) is 0 Å². The van der Waals surface area contributed by atoms with Crippen LogP contribution in [-0.4, -0.2) is 10.2 Å². The highest BCUT2D eigenvalue weighted by atomic mass is 15.1. The summed E-state index contributed by atoms with van der Waals surface area (Å²) in [5, 5.41) is 7.10. The normalized spacial score (nSPS) is 10.7. The van der Waals surface area contributed by atoms with E-state index in [2.05, 4.69) is 50.0 Å². The van der Waals surface area contributed by atoms with Crippen molar-refractivity contribution in [2.24, 2.45) is 0 Å². The molecular formula is C13H16N2. The van der Waals surface area contributed by atoms with E-state index < -0.39 is 0 Å². The van der Waals surface area contributed by atoms with Gasteiger partial charge in [-0.15, -0.1) is 0 Å². The Morgan fingerprint density at radius 1 is 0.933 bits per heavy atom. The Morgan fingerprint density at radius 3 is 2.00 bits per heavy atom. The Labute approximate surface area is 90.3 Å². The van der Waals surface area contributed by atoms with Crippen molar-refractivity contribution in [1.29, 1.82) is 0 Å². The minimum absolute atomic E-state index is 1.13. The number of hydrogen-bond donors (Lipinski definition) is 1. The molecule has 2 aromatic rings. The summed E-state index contributed by atoms with van der Waals surface area (Å²) in [4.78, 5) is 0. The van der Waals surface area contributed by atoms with Gasteiger partial charge in [-0.2, -0.15) is 5.10 Å². The van der Waals surface area contributed by atoms with E-state index in [1.165, 1.54) is 27.8 Å². The van der Waals surface area contributed by atoms with Crippen molar-refractivity contribution in [2.75, 3.05) is 0 Å². The Bertz CT molecular complexity index is 472. The lowest BCUT2D eigenvalue weighted by Crippen LogP contribution is -1.90. The van der Waals surface area contributed by atoms with Crippen molar-refractivity contribution >= 4 is 0 Å². The maximum absolute atomic E-state index is 4.05. The van der Waals surface area contributed by atoms with Crippen molar-refractivity contribution in [1.82, 2.24) is 10.2 Å². The van der Waals surface area contributed by atoms with Gasteiger partial charge < -0.3 is 0 Å². The molecule has 1 aromatic carbocycles. The van der Waals surface area contributed by atoms with Crippen LogP contribution in [0.2, 0.25) is 0 Å². The van der Waals surface area contributed by atoms with Crippen molar-refractivity contribution in [3.8, 4) is 11.3 Å². The molecule has 1 aromatic heterocycles. The average molecular weight is 200 g/mol. The molecule has 0 spiro atoms. The monoisotopic (exact) mass is 200 g/mol. The first kappa shape index (κ1) is 9.97. The third-order valence-electron chi connectivity index (χ3n) is 3.04. The van der Waals surface area contributed by atoms with Gasteiger partial charge in [-0.05, 0) is 62.1 Å². The smallest absolute Gasteiger partial charge is 0.0679 e. The largest absolute Gasteiger partial charge is 0.278 e. The molecule has 0 saturated heterocycles. The number of rotatable bonds is 1. The Morgan fingerprint density at radius 2 is 1.53 bits per heavy atom. The van der Waals surface area contributed by atoms with Crippen LogP contribution >= 0.6 is 0 Å². The number of nitrogens with zero attached hydrogens (tertiary/aromatic N) is 1. The van der Waals surface area contributed by atoms with Crippen molar-refractivity contribution < 1.29 is 0 Å². The number of aryl methyl sites for hydroxylation is 3. The van der Waals surface area contributed by atoms with Crippen LogP contribution in [0.3, 0.4) is 0 Å². The molecule has 0 bridgehead atoms. The summed E-state index contributed by atoms with van der Waals surface area (Å²) in [6.45, 7) is 8.53. The second-order valence-electron chi connectivity index (χ2n) is 4.16. The van der Waals surface area contributed by atoms with Gasteiger partial charge in [-0.25, -0.2) is 0 Å². The summed E-state index contributed by atoms with van der Waals surface area (Å²) in [6.07, 6.45) is 1.86. The minimum atomic E-state index is 1.13. The predicted octanol–water partition coefficient (Wildman–Crippen LogP) is 3.31. The van der Waals surface area contributed by atoms with Crippen molar-refractivity contribution in [3.63, 3.8) is 0 Å². The number of benzene rings is 1. The van der Waals surface area contributed by atoms with E-state index in [1.54, 1.807) is 0 Å². The standard InChI is InChI=1S/C13H16N2/c1-8-5-12(6-9(2)11(8)4)13-10(3)7-14-15-13/h5-7H,1-4H3,(H,14,15). The van der Waals surface area contributed by atoms with Crippen LogP contribution in [0.25, 0.3) is 11.3 Å². The molecule has 15 heavy (non-hydrogen) atoms. The van der Waals surface area contributed by atoms with Crippen LogP contribution in [0.4, 0.5) is 0 Å². The van der Waals surface area contributed by atoms with Crippen molar-refractivity contribution in [2.45, 2.75) is 27.7 Å². The fraction of sp³-hybridized carbons (Fsp3) is 0.308. The van der Waals surface area contributed by atoms with E-state index in [0.717, 1.165) is 5.69 Å². The SMILES string of the molecule is Cc1cn[nH]c1-c1cc(C)c(C)c(C)c1. The zero-order chi connectivity index (χ0) is 11.0. The highest BCUT2D eigenvalue weighted by Gasteiger charge is 2.06. The molecule has 0 fully saturated rings. The van der Waals surface area contributed by atoms with Crippen LogP contribution in [0.15, 0.2) is 18.3 Å². The topological polar surface area (TPSA) is 28.7 Å². The van der Waals surface area contributed by atoms with Gasteiger partial charge in [-0.3, -0.25) is 5.10 Å². The van der Waals surface area contributed by atoms with Gasteiger partial charge in [0, 0.05) is 5.56 Å². The molecule has 2 rings (SSSR count). The number of nitrogens with one attached hydrogen (secondary N) is 1. The second-order valence-corrected chi connectivity index (χ2v) is 4.16. The Kier molecular flexibility index (Phi) is 2.35. The van der Waals surface area contributed by atoms with Gasteiger partial charge in [-0.1, -0.05) is 0 Å². The van der Waals surface area contributed by atoms with Gasteiger partial charge >= 0.3 is 0 Å². The molecule has 0 saturated carbocycles. The summed E-state index contributed by atoms with van der Waals surface area (Å²) >= 11 is 0. The molecule has 2 nitrogen and oxygen atoms in total. The third-order valence-corrected chi connectivity index (χ3v) is 3.04. The van der Waals surface area contributed by atoms with Crippen LogP contribution < -0.4 is 0 Å². The van der Waals surface area contributed by atoms with Crippen LogP contribution in [0.1, 0.15) is 22.3 Å². The molecule has 0 unspecified atom stereocenters. The van der Waals surface area contributed by atoms with Gasteiger partial charge in [0.05, 0.1) is 11.9 Å². The maximum atomic E-state index is 4.05. The molecule has 78 valence electrons. The Hall–Kier alpha value is -1.57. The molecule has 2 heteroatoms. The molecule has 0 aliphatic heterocycles. The van der Waals surface area contributed by atoms with E-state index in [1.807, 2.05) is 6.20 Å². The average Bonchev–Trinajstić information content (AvgIpc) is 2.60. The van der Waals surface area contributed by atoms with Crippen LogP contribution in [-0.2, 0) is 0 Å². The Balaban J connectivity index is 2.60. The summed E-state index contributed by atoms with van der Waals surface area (Å²) in [5.74, 6) is 0. The molecule has 0 aliphatic rings. The first-order valence-corrected chi connectivity index (χ1v) is 5.18. The lowest BCUT2D eigenvalue weighted by atomic mass is 9.98. The van der Waals surface area contributed by atoms with E-state index in [4.69, 9.17) is 0 Å². The molecule has 0 aliphatic carbocycles. The van der Waals surface area contributed by atoms with Gasteiger partial charge in [0.1, 0.15) is 0 Å².